The van der Waals surface area contributed by atoms with Gasteiger partial charge in [-0.05, 0) is 19.1 Å². The summed E-state index contributed by atoms with van der Waals surface area (Å²) in [6, 6.07) is 3.47. The lowest BCUT2D eigenvalue weighted by molar-refractivity contribution is -0.119. The van der Waals surface area contributed by atoms with Crippen molar-refractivity contribution in [2.45, 2.75) is 37.3 Å². The highest BCUT2D eigenvalue weighted by Gasteiger charge is 2.15. The number of halogens is 2. The third-order valence-corrected chi connectivity index (χ3v) is 3.24. The predicted molar refractivity (Wildman–Crippen MR) is 70.1 cm³/mol. The lowest BCUT2D eigenvalue weighted by Crippen LogP contribution is -2.39. The maximum atomic E-state index is 12.0. The van der Waals surface area contributed by atoms with Crippen LogP contribution in [0.4, 0.5) is 8.78 Å². The van der Waals surface area contributed by atoms with Crippen molar-refractivity contribution >= 4 is 11.8 Å². The third-order valence-electron chi connectivity index (χ3n) is 2.54. The minimum absolute atomic E-state index is 0.0148. The fraction of sp³-hybridized carbons (Fsp3) is 0.667. The normalized spacial score (nSPS) is 13.4. The first kappa shape index (κ1) is 16.4. The van der Waals surface area contributed by atoms with E-state index in [2.05, 4.69) is 5.32 Å². The van der Waals surface area contributed by atoms with Gasteiger partial charge < -0.3 is 19.2 Å². The molecule has 4 nitrogen and oxygen atoms in total. The quantitative estimate of drug-likeness (QED) is 0.710. The van der Waals surface area contributed by atoms with Crippen molar-refractivity contribution in [3.8, 4) is 0 Å². The van der Waals surface area contributed by atoms with Gasteiger partial charge in [0.1, 0.15) is 11.5 Å². The van der Waals surface area contributed by atoms with E-state index in [4.69, 9.17) is 13.9 Å². The molecule has 0 saturated heterocycles. The summed E-state index contributed by atoms with van der Waals surface area (Å²) in [6.45, 7) is 2.41. The Morgan fingerprint density at radius 3 is 2.47 bits per heavy atom. The summed E-state index contributed by atoms with van der Waals surface area (Å²) < 4.78 is 39.7. The maximum absolute atomic E-state index is 12.0. The number of furan rings is 1. The maximum Gasteiger partial charge on any atom is 0.284 e. The van der Waals surface area contributed by atoms with Crippen LogP contribution >= 0.6 is 11.8 Å². The number of ether oxygens (including phenoxy) is 2. The van der Waals surface area contributed by atoms with E-state index in [1.54, 1.807) is 26.4 Å². The largest absolute Gasteiger partial charge is 0.464 e. The zero-order valence-electron chi connectivity index (χ0n) is 11.2. The summed E-state index contributed by atoms with van der Waals surface area (Å²) in [5, 5.41) is 3.18. The average Bonchev–Trinajstić information content (AvgIpc) is 2.83. The van der Waals surface area contributed by atoms with Gasteiger partial charge in [-0.25, -0.2) is 0 Å². The van der Waals surface area contributed by atoms with Gasteiger partial charge >= 0.3 is 0 Å². The monoisotopic (exact) mass is 295 g/mol. The van der Waals surface area contributed by atoms with Crippen LogP contribution < -0.4 is 5.32 Å². The molecule has 0 amide bonds. The second-order valence-electron chi connectivity index (χ2n) is 3.95. The number of nitrogens with one attached hydrogen (secondary N) is 1. The van der Waals surface area contributed by atoms with Gasteiger partial charge in [0, 0.05) is 14.2 Å². The summed E-state index contributed by atoms with van der Waals surface area (Å²) in [6.07, 6.45) is -0.344. The predicted octanol–water partition coefficient (Wildman–Crippen LogP) is 2.83. The minimum Gasteiger partial charge on any atom is -0.464 e. The first-order chi connectivity index (χ1) is 9.06. The molecule has 0 aliphatic rings. The van der Waals surface area contributed by atoms with E-state index in [1.165, 1.54) is 0 Å². The molecule has 1 N–H and O–H groups in total. The molecule has 0 fully saturated rings. The topological polar surface area (TPSA) is 43.6 Å². The number of hydrogen-bond acceptors (Lipinski definition) is 5. The second kappa shape index (κ2) is 8.52. The van der Waals surface area contributed by atoms with Crippen LogP contribution in [0.1, 0.15) is 18.4 Å². The summed E-state index contributed by atoms with van der Waals surface area (Å²) in [5.41, 5.74) is 0. The van der Waals surface area contributed by atoms with Crippen molar-refractivity contribution in [1.82, 2.24) is 5.32 Å². The summed E-state index contributed by atoms with van der Waals surface area (Å²) in [5.74, 6) is -0.963. The highest BCUT2D eigenvalue weighted by molar-refractivity contribution is 7.98. The van der Waals surface area contributed by atoms with Gasteiger partial charge in [0.25, 0.3) is 5.76 Å². The molecule has 110 valence electrons. The highest BCUT2D eigenvalue weighted by Crippen LogP contribution is 2.21. The minimum atomic E-state index is -2.38. The van der Waals surface area contributed by atoms with Gasteiger partial charge in [-0.15, -0.1) is 0 Å². The van der Waals surface area contributed by atoms with Crippen molar-refractivity contribution in [2.75, 3.05) is 14.2 Å². The van der Waals surface area contributed by atoms with Crippen LogP contribution in [0, 0.1) is 0 Å². The Labute approximate surface area is 115 Å². The smallest absolute Gasteiger partial charge is 0.284 e. The van der Waals surface area contributed by atoms with E-state index >= 15 is 0 Å². The van der Waals surface area contributed by atoms with Gasteiger partial charge in [0.05, 0.1) is 18.3 Å². The Balaban J connectivity index is 2.37. The molecule has 0 aliphatic carbocycles. The Morgan fingerprint density at radius 1 is 1.26 bits per heavy atom. The van der Waals surface area contributed by atoms with Gasteiger partial charge in [0.2, 0.25) is 0 Å². The lowest BCUT2D eigenvalue weighted by atomic mass is 10.3. The van der Waals surface area contributed by atoms with Crippen LogP contribution in [-0.2, 0) is 21.8 Å². The Morgan fingerprint density at radius 2 is 1.89 bits per heavy atom. The molecule has 7 heteroatoms. The standard InChI is InChI=1S/C12H19F2NO3S/c1-8(11(16-2)17-3)15-6-9-4-5-10(18-9)7-19-12(13)14/h4-5,8,11-12,15H,6-7H2,1-3H3. The molecule has 0 bridgehead atoms. The number of methoxy groups -OCH3 is 2. The Kier molecular flexibility index (Phi) is 7.37. The first-order valence-corrected chi connectivity index (χ1v) is 6.88. The van der Waals surface area contributed by atoms with Crippen molar-refractivity contribution < 1.29 is 22.7 Å². The first-order valence-electron chi connectivity index (χ1n) is 5.83. The molecular formula is C12H19F2NO3S. The SMILES string of the molecule is COC(OC)C(C)NCc1ccc(CSC(F)F)o1. The van der Waals surface area contributed by atoms with Crippen LogP contribution in [0.2, 0.25) is 0 Å². The van der Waals surface area contributed by atoms with Gasteiger partial charge in [-0.3, -0.25) is 0 Å². The lowest BCUT2D eigenvalue weighted by Gasteiger charge is -2.21. The van der Waals surface area contributed by atoms with Gasteiger partial charge in [-0.2, -0.15) is 8.78 Å². The van der Waals surface area contributed by atoms with Crippen molar-refractivity contribution in [2.24, 2.45) is 0 Å². The molecule has 19 heavy (non-hydrogen) atoms. The van der Waals surface area contributed by atoms with E-state index in [1.807, 2.05) is 6.92 Å². The van der Waals surface area contributed by atoms with E-state index < -0.39 is 5.76 Å². The van der Waals surface area contributed by atoms with Crippen LogP contribution in [0.15, 0.2) is 16.5 Å². The average molecular weight is 295 g/mol. The van der Waals surface area contributed by atoms with Gasteiger partial charge in [0.15, 0.2) is 6.29 Å². The molecule has 0 aliphatic heterocycles. The van der Waals surface area contributed by atoms with E-state index in [0.29, 0.717) is 29.8 Å². The highest BCUT2D eigenvalue weighted by atomic mass is 32.2. The number of hydrogen-bond donors (Lipinski definition) is 1. The summed E-state index contributed by atoms with van der Waals surface area (Å²) in [4.78, 5) is 0. The molecule has 1 aromatic rings. The van der Waals surface area contributed by atoms with E-state index in [9.17, 15) is 8.78 Å². The molecule has 1 aromatic heterocycles. The molecule has 0 spiro atoms. The van der Waals surface area contributed by atoms with Crippen molar-refractivity contribution in [1.29, 1.82) is 0 Å². The molecule has 1 rings (SSSR count). The third kappa shape index (κ3) is 5.90. The van der Waals surface area contributed by atoms with E-state index in [-0.39, 0.29) is 18.1 Å². The second-order valence-corrected chi connectivity index (χ2v) is 4.93. The molecule has 0 saturated carbocycles. The summed E-state index contributed by atoms with van der Waals surface area (Å²) >= 11 is 0.547. The molecule has 1 unspecified atom stereocenters. The fourth-order valence-corrected chi connectivity index (χ4v) is 2.05. The fourth-order valence-electron chi connectivity index (χ4n) is 1.60. The van der Waals surface area contributed by atoms with E-state index in [0.717, 1.165) is 0 Å². The van der Waals surface area contributed by atoms with Crippen LogP contribution in [-0.4, -0.2) is 32.3 Å². The molecule has 0 aromatic carbocycles. The van der Waals surface area contributed by atoms with Gasteiger partial charge in [-0.1, -0.05) is 11.8 Å². The number of rotatable bonds is 9. The van der Waals surface area contributed by atoms with Crippen molar-refractivity contribution in [3.05, 3.63) is 23.7 Å². The molecule has 1 atom stereocenters. The zero-order valence-corrected chi connectivity index (χ0v) is 12.0. The van der Waals surface area contributed by atoms with Crippen LogP contribution in [0.25, 0.3) is 0 Å². The molecule has 0 radical (unpaired) electrons. The Bertz CT molecular complexity index is 358. The molecule has 1 heterocycles. The molecular weight excluding hydrogens is 276 g/mol. The van der Waals surface area contributed by atoms with Crippen molar-refractivity contribution in [3.63, 3.8) is 0 Å². The number of thioether (sulfide) groups is 1. The number of alkyl halides is 2. The van der Waals surface area contributed by atoms with Crippen LogP contribution in [0.5, 0.6) is 0 Å². The summed E-state index contributed by atoms with van der Waals surface area (Å²) in [7, 11) is 3.14. The zero-order chi connectivity index (χ0) is 14.3. The van der Waals surface area contributed by atoms with Crippen LogP contribution in [0.3, 0.4) is 0 Å². The Hall–Kier alpha value is -0.630.